The van der Waals surface area contributed by atoms with Crippen molar-refractivity contribution in [3.8, 4) is 6.07 Å². The van der Waals surface area contributed by atoms with E-state index in [4.69, 9.17) is 14.4 Å². The molecule has 2 rings (SSSR count). The van der Waals surface area contributed by atoms with E-state index in [1.807, 2.05) is 28.7 Å². The Morgan fingerprint density at radius 3 is 2.72 bits per heavy atom. The Kier molecular flexibility index (Phi) is 4.38. The molecular formula is C12H11IN2O3. The first-order valence-corrected chi connectivity index (χ1v) is 6.53. The highest BCUT2D eigenvalue weighted by molar-refractivity contribution is 14.1. The topological polar surface area (TPSA) is 66.5 Å². The van der Waals surface area contributed by atoms with Gasteiger partial charge in [-0.3, -0.25) is 4.79 Å². The molecule has 6 heteroatoms. The Labute approximate surface area is 118 Å². The van der Waals surface area contributed by atoms with Gasteiger partial charge in [-0.1, -0.05) is 0 Å². The van der Waals surface area contributed by atoms with Gasteiger partial charge in [-0.2, -0.15) is 5.26 Å². The molecule has 1 aromatic rings. The van der Waals surface area contributed by atoms with E-state index < -0.39 is 0 Å². The van der Waals surface area contributed by atoms with E-state index >= 15 is 0 Å². The Bertz CT molecular complexity index is 510. The number of morpholine rings is 1. The quantitative estimate of drug-likeness (QED) is 0.458. The molecule has 1 saturated heterocycles. The molecule has 0 atom stereocenters. The molecule has 1 aromatic heterocycles. The number of halogens is 1. The third kappa shape index (κ3) is 3.11. The number of nitriles is 1. The molecular weight excluding hydrogens is 347 g/mol. The Balaban J connectivity index is 2.15. The molecule has 18 heavy (non-hydrogen) atoms. The van der Waals surface area contributed by atoms with Crippen molar-refractivity contribution in [2.45, 2.75) is 0 Å². The highest BCUT2D eigenvalue weighted by atomic mass is 127. The predicted molar refractivity (Wildman–Crippen MR) is 72.4 cm³/mol. The number of furan rings is 1. The largest absolute Gasteiger partial charge is 0.451 e. The van der Waals surface area contributed by atoms with Gasteiger partial charge in [0.1, 0.15) is 17.4 Å². The molecule has 2 heterocycles. The van der Waals surface area contributed by atoms with E-state index in [0.29, 0.717) is 32.1 Å². The van der Waals surface area contributed by atoms with E-state index in [1.54, 1.807) is 17.0 Å². The van der Waals surface area contributed by atoms with Gasteiger partial charge >= 0.3 is 0 Å². The number of hydrogen-bond acceptors (Lipinski definition) is 4. The summed E-state index contributed by atoms with van der Waals surface area (Å²) in [7, 11) is 0. The Morgan fingerprint density at radius 1 is 1.44 bits per heavy atom. The van der Waals surface area contributed by atoms with E-state index in [0.717, 1.165) is 3.77 Å². The standard InChI is InChI=1S/C12H11IN2O3/c13-11-2-1-10(18-11)7-9(8-14)12(16)15-3-5-17-6-4-15/h1-2,7H,3-6H2. The third-order valence-electron chi connectivity index (χ3n) is 2.53. The van der Waals surface area contributed by atoms with Crippen LogP contribution in [0.5, 0.6) is 0 Å². The number of carbonyl (C=O) groups is 1. The number of rotatable bonds is 2. The van der Waals surface area contributed by atoms with Gasteiger partial charge in [0.25, 0.3) is 5.91 Å². The number of nitrogens with zero attached hydrogens (tertiary/aromatic N) is 2. The zero-order chi connectivity index (χ0) is 13.0. The normalized spacial score (nSPS) is 16.4. The number of amides is 1. The van der Waals surface area contributed by atoms with Crippen LogP contribution in [0.2, 0.25) is 0 Å². The van der Waals surface area contributed by atoms with Gasteiger partial charge < -0.3 is 14.1 Å². The van der Waals surface area contributed by atoms with Crippen molar-refractivity contribution >= 4 is 34.6 Å². The van der Waals surface area contributed by atoms with E-state index in [9.17, 15) is 4.79 Å². The molecule has 94 valence electrons. The maximum atomic E-state index is 12.1. The Morgan fingerprint density at radius 2 is 2.17 bits per heavy atom. The highest BCUT2D eigenvalue weighted by Crippen LogP contribution is 2.15. The fourth-order valence-electron chi connectivity index (χ4n) is 1.63. The van der Waals surface area contributed by atoms with Crippen LogP contribution in [0, 0.1) is 15.1 Å². The van der Waals surface area contributed by atoms with Crippen LogP contribution in [0.15, 0.2) is 22.1 Å². The van der Waals surface area contributed by atoms with Gasteiger partial charge in [0.2, 0.25) is 0 Å². The molecule has 1 fully saturated rings. The van der Waals surface area contributed by atoms with Crippen molar-refractivity contribution in [3.63, 3.8) is 0 Å². The van der Waals surface area contributed by atoms with Crippen LogP contribution in [0.25, 0.3) is 6.08 Å². The van der Waals surface area contributed by atoms with E-state index in [1.165, 1.54) is 6.08 Å². The first-order valence-electron chi connectivity index (χ1n) is 5.45. The average molecular weight is 358 g/mol. The summed E-state index contributed by atoms with van der Waals surface area (Å²) in [6.07, 6.45) is 1.47. The first-order chi connectivity index (χ1) is 8.70. The van der Waals surface area contributed by atoms with Crippen LogP contribution in [0.3, 0.4) is 0 Å². The molecule has 0 aliphatic carbocycles. The van der Waals surface area contributed by atoms with Crippen LogP contribution in [-0.2, 0) is 9.53 Å². The van der Waals surface area contributed by atoms with Crippen molar-refractivity contribution in [2.75, 3.05) is 26.3 Å². The van der Waals surface area contributed by atoms with Gasteiger partial charge in [0, 0.05) is 19.2 Å². The monoisotopic (exact) mass is 358 g/mol. The van der Waals surface area contributed by atoms with Crippen molar-refractivity contribution in [1.29, 1.82) is 5.26 Å². The van der Waals surface area contributed by atoms with E-state index in [-0.39, 0.29) is 11.5 Å². The minimum atomic E-state index is -0.271. The minimum Gasteiger partial charge on any atom is -0.451 e. The SMILES string of the molecule is N#CC(=Cc1ccc(I)o1)C(=O)N1CCOCC1. The first kappa shape index (κ1) is 13.1. The van der Waals surface area contributed by atoms with Crippen molar-refractivity contribution in [2.24, 2.45) is 0 Å². The summed E-state index contributed by atoms with van der Waals surface area (Å²) in [5.41, 5.74) is 0.0858. The van der Waals surface area contributed by atoms with Gasteiger partial charge in [0.05, 0.1) is 13.2 Å². The lowest BCUT2D eigenvalue weighted by Crippen LogP contribution is -2.41. The summed E-state index contributed by atoms with van der Waals surface area (Å²) in [5, 5.41) is 9.05. The highest BCUT2D eigenvalue weighted by Gasteiger charge is 2.20. The molecule has 0 saturated carbocycles. The fourth-order valence-corrected chi connectivity index (χ4v) is 2.06. The second kappa shape index (κ2) is 6.02. The molecule has 1 aliphatic rings. The summed E-state index contributed by atoms with van der Waals surface area (Å²) in [5.74, 6) is 0.241. The summed E-state index contributed by atoms with van der Waals surface area (Å²) in [4.78, 5) is 13.7. The smallest absolute Gasteiger partial charge is 0.264 e. The summed E-state index contributed by atoms with van der Waals surface area (Å²) in [6, 6.07) is 5.43. The van der Waals surface area contributed by atoms with Crippen LogP contribution >= 0.6 is 22.6 Å². The zero-order valence-corrected chi connectivity index (χ0v) is 11.7. The van der Waals surface area contributed by atoms with Crippen molar-refractivity contribution in [1.82, 2.24) is 4.90 Å². The van der Waals surface area contributed by atoms with Gasteiger partial charge in [-0.15, -0.1) is 0 Å². The fraction of sp³-hybridized carbons (Fsp3) is 0.333. The second-order valence-corrected chi connectivity index (χ2v) is 4.78. The maximum absolute atomic E-state index is 12.1. The van der Waals surface area contributed by atoms with Crippen LogP contribution in [0.4, 0.5) is 0 Å². The third-order valence-corrected chi connectivity index (χ3v) is 3.11. The summed E-state index contributed by atoms with van der Waals surface area (Å²) >= 11 is 2.03. The molecule has 0 spiro atoms. The van der Waals surface area contributed by atoms with Crippen LogP contribution in [0.1, 0.15) is 5.76 Å². The average Bonchev–Trinajstić information content (AvgIpc) is 2.82. The summed E-state index contributed by atoms with van der Waals surface area (Å²) in [6.45, 7) is 2.08. The van der Waals surface area contributed by atoms with Crippen molar-refractivity contribution in [3.05, 3.63) is 27.2 Å². The molecule has 1 aliphatic heterocycles. The molecule has 1 amide bonds. The lowest BCUT2D eigenvalue weighted by molar-refractivity contribution is -0.130. The zero-order valence-electron chi connectivity index (χ0n) is 9.56. The minimum absolute atomic E-state index is 0.0858. The predicted octanol–water partition coefficient (Wildman–Crippen LogP) is 1.65. The molecule has 0 N–H and O–H groups in total. The van der Waals surface area contributed by atoms with Gasteiger partial charge in [-0.25, -0.2) is 0 Å². The molecule has 5 nitrogen and oxygen atoms in total. The second-order valence-electron chi connectivity index (χ2n) is 3.72. The maximum Gasteiger partial charge on any atom is 0.264 e. The Hall–Kier alpha value is -1.33. The summed E-state index contributed by atoms with van der Waals surface area (Å²) < 4.78 is 11.2. The van der Waals surface area contributed by atoms with Crippen molar-refractivity contribution < 1.29 is 13.9 Å². The van der Waals surface area contributed by atoms with Crippen LogP contribution < -0.4 is 0 Å². The lowest BCUT2D eigenvalue weighted by Gasteiger charge is -2.26. The molecule has 0 bridgehead atoms. The van der Waals surface area contributed by atoms with Gasteiger partial charge in [-0.05, 0) is 34.7 Å². The molecule has 0 aromatic carbocycles. The molecule has 0 unspecified atom stereocenters. The van der Waals surface area contributed by atoms with Gasteiger partial charge in [0.15, 0.2) is 3.77 Å². The van der Waals surface area contributed by atoms with E-state index in [2.05, 4.69) is 0 Å². The lowest BCUT2D eigenvalue weighted by atomic mass is 10.2. The number of ether oxygens (including phenoxy) is 1. The number of carbonyl (C=O) groups excluding carboxylic acids is 1. The van der Waals surface area contributed by atoms with Crippen LogP contribution in [-0.4, -0.2) is 37.1 Å². The number of hydrogen-bond donors (Lipinski definition) is 0. The molecule has 0 radical (unpaired) electrons.